The van der Waals surface area contributed by atoms with Gasteiger partial charge in [-0.15, -0.1) is 0 Å². The predicted molar refractivity (Wildman–Crippen MR) is 66.3 cm³/mol. The third kappa shape index (κ3) is 2.29. The van der Waals surface area contributed by atoms with E-state index in [1.165, 1.54) is 9.80 Å². The SMILES string of the molecule is CCC1(C(=O)O)CCCN1C(=O)N(C)C(C)CO. The largest absolute Gasteiger partial charge is 0.479 e. The molecule has 6 nitrogen and oxygen atoms in total. The van der Waals surface area contributed by atoms with Gasteiger partial charge in [0.15, 0.2) is 0 Å². The number of likely N-dealkylation sites (N-methyl/N-ethyl adjacent to an activating group) is 1. The number of hydrogen-bond donors (Lipinski definition) is 2. The second-order valence-corrected chi connectivity index (χ2v) is 4.87. The van der Waals surface area contributed by atoms with Crippen LogP contribution in [0.2, 0.25) is 0 Å². The first-order valence-corrected chi connectivity index (χ1v) is 6.29. The molecule has 0 aromatic rings. The van der Waals surface area contributed by atoms with Crippen molar-refractivity contribution in [1.82, 2.24) is 9.80 Å². The van der Waals surface area contributed by atoms with E-state index in [4.69, 9.17) is 5.11 Å². The van der Waals surface area contributed by atoms with Gasteiger partial charge in [-0.25, -0.2) is 9.59 Å². The first kappa shape index (κ1) is 14.8. The van der Waals surface area contributed by atoms with Gasteiger partial charge in [-0.1, -0.05) is 6.92 Å². The van der Waals surface area contributed by atoms with E-state index in [1.54, 1.807) is 20.9 Å². The standard InChI is InChI=1S/C12H22N2O4/c1-4-12(10(16)17)6-5-7-14(12)11(18)13(3)9(2)8-15/h9,15H,4-8H2,1-3H3,(H,16,17). The Balaban J connectivity index is 2.94. The average molecular weight is 258 g/mol. The maximum atomic E-state index is 12.3. The van der Waals surface area contributed by atoms with Crippen molar-refractivity contribution in [1.29, 1.82) is 0 Å². The van der Waals surface area contributed by atoms with Crippen molar-refractivity contribution in [2.45, 2.75) is 44.7 Å². The van der Waals surface area contributed by atoms with E-state index in [-0.39, 0.29) is 18.7 Å². The van der Waals surface area contributed by atoms with Crippen LogP contribution in [0.25, 0.3) is 0 Å². The molecule has 2 atom stereocenters. The Morgan fingerprint density at radius 1 is 1.50 bits per heavy atom. The lowest BCUT2D eigenvalue weighted by molar-refractivity contribution is -0.148. The molecular weight excluding hydrogens is 236 g/mol. The Bertz CT molecular complexity index is 334. The van der Waals surface area contributed by atoms with Gasteiger partial charge in [0.1, 0.15) is 5.54 Å². The van der Waals surface area contributed by atoms with Gasteiger partial charge in [-0.3, -0.25) is 0 Å². The lowest BCUT2D eigenvalue weighted by Crippen LogP contribution is -2.57. The Kier molecular flexibility index (Phi) is 4.56. The van der Waals surface area contributed by atoms with Gasteiger partial charge in [0.05, 0.1) is 12.6 Å². The number of aliphatic carboxylic acids is 1. The number of rotatable bonds is 4. The molecule has 2 N–H and O–H groups in total. The number of urea groups is 1. The molecule has 1 fully saturated rings. The summed E-state index contributed by atoms with van der Waals surface area (Å²) in [6, 6.07) is -0.639. The van der Waals surface area contributed by atoms with Crippen molar-refractivity contribution in [3.05, 3.63) is 0 Å². The first-order chi connectivity index (χ1) is 8.40. The molecule has 0 aromatic carbocycles. The van der Waals surface area contributed by atoms with Gasteiger partial charge < -0.3 is 20.0 Å². The van der Waals surface area contributed by atoms with Gasteiger partial charge in [0.2, 0.25) is 0 Å². The summed E-state index contributed by atoms with van der Waals surface area (Å²) in [6.07, 6.45) is 1.59. The number of carboxylic acid groups (broad SMARTS) is 1. The fourth-order valence-electron chi connectivity index (χ4n) is 2.40. The number of amides is 2. The molecule has 1 aliphatic rings. The fourth-order valence-corrected chi connectivity index (χ4v) is 2.40. The van der Waals surface area contributed by atoms with Crippen LogP contribution in [-0.2, 0) is 4.79 Å². The second-order valence-electron chi connectivity index (χ2n) is 4.87. The number of aliphatic hydroxyl groups excluding tert-OH is 1. The topological polar surface area (TPSA) is 81.1 Å². The Morgan fingerprint density at radius 2 is 2.11 bits per heavy atom. The van der Waals surface area contributed by atoms with E-state index in [9.17, 15) is 14.7 Å². The summed E-state index contributed by atoms with van der Waals surface area (Å²) in [5.41, 5.74) is -1.08. The molecule has 2 unspecified atom stereocenters. The van der Waals surface area contributed by atoms with Crippen LogP contribution in [0.5, 0.6) is 0 Å². The summed E-state index contributed by atoms with van der Waals surface area (Å²) in [4.78, 5) is 26.6. The minimum absolute atomic E-state index is 0.137. The lowest BCUT2D eigenvalue weighted by atomic mass is 9.93. The van der Waals surface area contributed by atoms with Crippen molar-refractivity contribution >= 4 is 12.0 Å². The van der Waals surface area contributed by atoms with Gasteiger partial charge in [0, 0.05) is 13.6 Å². The zero-order valence-corrected chi connectivity index (χ0v) is 11.2. The third-order valence-corrected chi connectivity index (χ3v) is 3.93. The van der Waals surface area contributed by atoms with Crippen LogP contribution < -0.4 is 0 Å². The minimum Gasteiger partial charge on any atom is -0.479 e. The summed E-state index contributed by atoms with van der Waals surface area (Å²) in [6.45, 7) is 3.83. The molecule has 1 heterocycles. The highest BCUT2D eigenvalue weighted by atomic mass is 16.4. The van der Waals surface area contributed by atoms with E-state index >= 15 is 0 Å². The third-order valence-electron chi connectivity index (χ3n) is 3.93. The van der Waals surface area contributed by atoms with Crippen molar-refractivity contribution in [2.24, 2.45) is 0 Å². The van der Waals surface area contributed by atoms with E-state index in [1.807, 2.05) is 0 Å². The molecule has 1 saturated heterocycles. The number of nitrogens with zero attached hydrogens (tertiary/aromatic N) is 2. The van der Waals surface area contributed by atoms with Crippen LogP contribution in [0.3, 0.4) is 0 Å². The highest BCUT2D eigenvalue weighted by Gasteiger charge is 2.49. The molecule has 2 amide bonds. The normalized spacial score (nSPS) is 25.0. The fraction of sp³-hybridized carbons (Fsp3) is 0.833. The molecular formula is C12H22N2O4. The summed E-state index contributed by atoms with van der Waals surface area (Å²) in [5.74, 6) is -0.944. The molecule has 0 aliphatic carbocycles. The van der Waals surface area contributed by atoms with Crippen molar-refractivity contribution in [3.8, 4) is 0 Å². The molecule has 1 aliphatic heterocycles. The van der Waals surface area contributed by atoms with Crippen LogP contribution in [0.1, 0.15) is 33.1 Å². The number of likely N-dealkylation sites (tertiary alicyclic amines) is 1. The summed E-state index contributed by atoms with van der Waals surface area (Å²) < 4.78 is 0. The van der Waals surface area contributed by atoms with Gasteiger partial charge in [-0.05, 0) is 26.2 Å². The smallest absolute Gasteiger partial charge is 0.329 e. The predicted octanol–water partition coefficient (Wildman–Crippen LogP) is 0.748. The van der Waals surface area contributed by atoms with Gasteiger partial charge in [-0.2, -0.15) is 0 Å². The summed E-state index contributed by atoms with van der Waals surface area (Å²) in [5, 5.41) is 18.5. The maximum Gasteiger partial charge on any atom is 0.329 e. The van der Waals surface area contributed by atoms with Crippen molar-refractivity contribution < 1.29 is 19.8 Å². The Hall–Kier alpha value is -1.30. The number of carbonyl (C=O) groups is 2. The summed E-state index contributed by atoms with van der Waals surface area (Å²) in [7, 11) is 1.59. The first-order valence-electron chi connectivity index (χ1n) is 6.29. The quantitative estimate of drug-likeness (QED) is 0.779. The van der Waals surface area contributed by atoms with Crippen LogP contribution in [0.15, 0.2) is 0 Å². The summed E-state index contributed by atoms with van der Waals surface area (Å²) >= 11 is 0. The van der Waals surface area contributed by atoms with Gasteiger partial charge in [0.25, 0.3) is 0 Å². The zero-order chi connectivity index (χ0) is 13.9. The molecule has 1 rings (SSSR count). The number of hydrogen-bond acceptors (Lipinski definition) is 3. The minimum atomic E-state index is -1.08. The molecule has 0 bridgehead atoms. The Morgan fingerprint density at radius 3 is 2.56 bits per heavy atom. The van der Waals surface area contributed by atoms with E-state index in [0.717, 1.165) is 0 Å². The molecule has 0 spiro atoms. The maximum absolute atomic E-state index is 12.3. The molecule has 104 valence electrons. The molecule has 18 heavy (non-hydrogen) atoms. The Labute approximate surface area is 107 Å². The van der Waals surface area contributed by atoms with Crippen LogP contribution in [0.4, 0.5) is 4.79 Å². The van der Waals surface area contributed by atoms with Crippen molar-refractivity contribution in [2.75, 3.05) is 20.2 Å². The van der Waals surface area contributed by atoms with E-state index in [0.29, 0.717) is 25.8 Å². The van der Waals surface area contributed by atoms with Crippen LogP contribution in [0, 0.1) is 0 Å². The number of aliphatic hydroxyl groups is 1. The molecule has 0 saturated carbocycles. The average Bonchev–Trinajstić information content (AvgIpc) is 2.80. The van der Waals surface area contributed by atoms with Crippen LogP contribution >= 0.6 is 0 Å². The highest BCUT2D eigenvalue weighted by molar-refractivity contribution is 5.87. The molecule has 6 heteroatoms. The highest BCUT2D eigenvalue weighted by Crippen LogP contribution is 2.33. The van der Waals surface area contributed by atoms with Crippen molar-refractivity contribution in [3.63, 3.8) is 0 Å². The second kappa shape index (κ2) is 5.56. The van der Waals surface area contributed by atoms with E-state index < -0.39 is 11.5 Å². The van der Waals surface area contributed by atoms with E-state index in [2.05, 4.69) is 0 Å². The lowest BCUT2D eigenvalue weighted by Gasteiger charge is -2.37. The monoisotopic (exact) mass is 258 g/mol. The number of carboxylic acids is 1. The van der Waals surface area contributed by atoms with Crippen LogP contribution in [-0.4, -0.2) is 63.8 Å². The zero-order valence-electron chi connectivity index (χ0n) is 11.2. The number of carbonyl (C=O) groups excluding carboxylic acids is 1. The molecule has 0 aromatic heterocycles. The molecule has 0 radical (unpaired) electrons. The van der Waals surface area contributed by atoms with Gasteiger partial charge >= 0.3 is 12.0 Å².